The molecule has 1 aromatic rings. The van der Waals surface area contributed by atoms with Crippen molar-refractivity contribution in [3.05, 3.63) is 46.8 Å². The summed E-state index contributed by atoms with van der Waals surface area (Å²) in [5.41, 5.74) is 6.03. The Kier molecular flexibility index (Phi) is 8.06. The van der Waals surface area contributed by atoms with Crippen LogP contribution in [0, 0.1) is 0 Å². The molecule has 1 aromatic carbocycles. The van der Waals surface area contributed by atoms with Gasteiger partial charge in [0.05, 0.1) is 11.1 Å². The maximum atomic E-state index is 12.7. The maximum Gasteiger partial charge on any atom is 0.416 e. The molecule has 182 valence electrons. The fourth-order valence-corrected chi connectivity index (χ4v) is 3.82. The number of nitrogens with two attached hydrogens (primary N) is 2. The summed E-state index contributed by atoms with van der Waals surface area (Å²) < 4.78 is 49.9. The number of nitrogens with one attached hydrogen (secondary N) is 1. The van der Waals surface area contributed by atoms with Crippen LogP contribution in [0.1, 0.15) is 48.5 Å². The van der Waals surface area contributed by atoms with Gasteiger partial charge in [0.2, 0.25) is 5.90 Å². The summed E-state index contributed by atoms with van der Waals surface area (Å²) in [6.45, 7) is 4.26. The number of nitrogens with zero attached hydrogens (tertiary/aromatic N) is 2. The van der Waals surface area contributed by atoms with Gasteiger partial charge in [-0.1, -0.05) is 0 Å². The highest BCUT2D eigenvalue weighted by Crippen LogP contribution is 2.29. The number of piperidine rings is 2. The number of hydrogen-bond donors (Lipinski definition) is 3. The molecule has 5 N–H and O–H groups in total. The van der Waals surface area contributed by atoms with Gasteiger partial charge in [-0.25, -0.2) is 0 Å². The van der Waals surface area contributed by atoms with E-state index in [9.17, 15) is 18.0 Å². The third-order valence-corrected chi connectivity index (χ3v) is 5.85. The summed E-state index contributed by atoms with van der Waals surface area (Å²) in [6, 6.07) is 4.23. The van der Waals surface area contributed by atoms with Crippen molar-refractivity contribution in [3.8, 4) is 0 Å². The zero-order valence-corrected chi connectivity index (χ0v) is 18.5. The van der Waals surface area contributed by atoms with Crippen LogP contribution < -0.4 is 16.9 Å². The van der Waals surface area contributed by atoms with Crippen molar-refractivity contribution in [2.45, 2.75) is 51.0 Å². The first-order chi connectivity index (χ1) is 15.7. The summed E-state index contributed by atoms with van der Waals surface area (Å²) in [6.07, 6.45) is -1.88. The fourth-order valence-electron chi connectivity index (χ4n) is 3.82. The molecule has 3 rings (SSSR count). The lowest BCUT2D eigenvalue weighted by atomic mass is 10.1. The lowest BCUT2D eigenvalue weighted by Gasteiger charge is -2.32. The van der Waals surface area contributed by atoms with E-state index < -0.39 is 11.7 Å². The van der Waals surface area contributed by atoms with Gasteiger partial charge in [0.15, 0.2) is 5.88 Å². The Balaban J connectivity index is 1.53. The second-order valence-corrected chi connectivity index (χ2v) is 8.18. The monoisotopic (exact) mass is 469 g/mol. The molecule has 0 bridgehead atoms. The van der Waals surface area contributed by atoms with Crippen LogP contribution in [0.15, 0.2) is 40.8 Å². The quantitative estimate of drug-likeness (QED) is 0.201. The largest absolute Gasteiger partial charge is 0.476 e. The summed E-state index contributed by atoms with van der Waals surface area (Å²) >= 11 is 0. The third kappa shape index (κ3) is 6.53. The van der Waals surface area contributed by atoms with Gasteiger partial charge in [0.1, 0.15) is 12.2 Å². The van der Waals surface area contributed by atoms with Crippen LogP contribution in [0.2, 0.25) is 0 Å². The predicted molar refractivity (Wildman–Crippen MR) is 117 cm³/mol. The van der Waals surface area contributed by atoms with Crippen LogP contribution in [-0.2, 0) is 15.7 Å². The molecule has 0 atom stereocenters. The van der Waals surface area contributed by atoms with Gasteiger partial charge in [-0.3, -0.25) is 4.79 Å². The molecule has 2 aliphatic heterocycles. The van der Waals surface area contributed by atoms with Gasteiger partial charge in [-0.05, 0) is 57.1 Å². The topological polar surface area (TPSA) is 115 Å². The average Bonchev–Trinajstić information content (AvgIpc) is 2.82. The molecule has 0 spiro atoms. The Morgan fingerprint density at radius 1 is 1.06 bits per heavy atom. The number of carbonyl (C=O) groups excluding carboxylic acids is 1. The van der Waals surface area contributed by atoms with Gasteiger partial charge in [0.25, 0.3) is 5.91 Å². The van der Waals surface area contributed by atoms with Crippen molar-refractivity contribution in [3.63, 3.8) is 0 Å². The predicted octanol–water partition coefficient (Wildman–Crippen LogP) is 2.56. The van der Waals surface area contributed by atoms with Crippen molar-refractivity contribution in [1.82, 2.24) is 10.2 Å². The Morgan fingerprint density at radius 2 is 1.64 bits per heavy atom. The lowest BCUT2D eigenvalue weighted by Crippen LogP contribution is -2.41. The van der Waals surface area contributed by atoms with Crippen LogP contribution in [0.25, 0.3) is 0 Å². The minimum Gasteiger partial charge on any atom is -0.476 e. The van der Waals surface area contributed by atoms with Crippen LogP contribution in [0.5, 0.6) is 0 Å². The number of benzene rings is 1. The standard InChI is InChI=1S/C22H30F3N5O3/c1-14(19(26)32-17-6-10-28-11-7-17)20(29-27)33-18-8-12-30(13-9-18)21(31)15-2-4-16(5-3-15)22(23,24)25/h2-5,17-18,28H,6-13,26-27H2,1H3. The van der Waals surface area contributed by atoms with Gasteiger partial charge in [0, 0.05) is 31.5 Å². The molecular formula is C22H30F3N5O3. The highest BCUT2D eigenvalue weighted by molar-refractivity contribution is 5.94. The van der Waals surface area contributed by atoms with Crippen LogP contribution in [0.3, 0.4) is 0 Å². The number of halogens is 3. The molecule has 2 fully saturated rings. The summed E-state index contributed by atoms with van der Waals surface area (Å²) in [7, 11) is 0. The van der Waals surface area contributed by atoms with Crippen molar-refractivity contribution in [1.29, 1.82) is 0 Å². The minimum atomic E-state index is -4.44. The Bertz CT molecular complexity index is 872. The molecule has 0 aliphatic carbocycles. The van der Waals surface area contributed by atoms with Crippen molar-refractivity contribution >= 4 is 11.8 Å². The normalized spacial score (nSPS) is 19.8. The van der Waals surface area contributed by atoms with Crippen molar-refractivity contribution < 1.29 is 27.4 Å². The van der Waals surface area contributed by atoms with E-state index in [-0.39, 0.29) is 35.5 Å². The molecule has 0 aromatic heterocycles. The highest BCUT2D eigenvalue weighted by Gasteiger charge is 2.31. The maximum absolute atomic E-state index is 12.7. The Hall–Kier alpha value is -2.95. The smallest absolute Gasteiger partial charge is 0.416 e. The van der Waals surface area contributed by atoms with Gasteiger partial charge < -0.3 is 31.3 Å². The van der Waals surface area contributed by atoms with E-state index in [1.807, 2.05) is 0 Å². The summed E-state index contributed by atoms with van der Waals surface area (Å²) in [4.78, 5) is 14.2. The van der Waals surface area contributed by atoms with Gasteiger partial charge in [-0.15, -0.1) is 5.10 Å². The second kappa shape index (κ2) is 10.8. The van der Waals surface area contributed by atoms with Crippen molar-refractivity contribution in [2.24, 2.45) is 16.7 Å². The van der Waals surface area contributed by atoms with Crippen LogP contribution in [0.4, 0.5) is 13.2 Å². The molecule has 0 saturated carbocycles. The first-order valence-electron chi connectivity index (χ1n) is 10.9. The van der Waals surface area contributed by atoms with Crippen molar-refractivity contribution in [2.75, 3.05) is 26.2 Å². The zero-order valence-electron chi connectivity index (χ0n) is 18.5. The first-order valence-corrected chi connectivity index (χ1v) is 10.9. The molecule has 33 heavy (non-hydrogen) atoms. The summed E-state index contributed by atoms with van der Waals surface area (Å²) in [5, 5.41) is 6.97. The molecule has 2 saturated heterocycles. The first kappa shape index (κ1) is 24.7. The van der Waals surface area contributed by atoms with Crippen LogP contribution in [-0.4, -0.2) is 55.1 Å². The molecular weight excluding hydrogens is 439 g/mol. The molecule has 0 radical (unpaired) electrons. The van der Waals surface area contributed by atoms with E-state index in [2.05, 4.69) is 10.4 Å². The van der Waals surface area contributed by atoms with Crippen LogP contribution >= 0.6 is 0 Å². The number of rotatable bonds is 5. The second-order valence-electron chi connectivity index (χ2n) is 8.18. The number of amides is 1. The number of alkyl halides is 3. The van der Waals surface area contributed by atoms with Gasteiger partial charge >= 0.3 is 6.18 Å². The highest BCUT2D eigenvalue weighted by atomic mass is 19.4. The molecule has 8 nitrogen and oxygen atoms in total. The van der Waals surface area contributed by atoms with E-state index in [1.54, 1.807) is 11.8 Å². The van der Waals surface area contributed by atoms with E-state index in [0.29, 0.717) is 31.5 Å². The number of ether oxygens (including phenoxy) is 2. The number of hydrazone groups is 1. The van der Waals surface area contributed by atoms with Gasteiger partial charge in [-0.2, -0.15) is 13.2 Å². The average molecular weight is 470 g/mol. The number of likely N-dealkylation sites (tertiary alicyclic amines) is 1. The molecule has 1 amide bonds. The van der Waals surface area contributed by atoms with E-state index in [4.69, 9.17) is 21.1 Å². The Labute approximate surface area is 190 Å². The lowest BCUT2D eigenvalue weighted by molar-refractivity contribution is -0.137. The number of carbonyl (C=O) groups is 1. The van der Waals surface area contributed by atoms with E-state index in [0.717, 1.165) is 38.1 Å². The summed E-state index contributed by atoms with van der Waals surface area (Å²) in [5.74, 6) is 5.62. The third-order valence-electron chi connectivity index (χ3n) is 5.85. The van der Waals surface area contributed by atoms with E-state index >= 15 is 0 Å². The SMILES string of the molecule is CC(C(=NN)OC1CCN(C(=O)c2ccc(C(F)(F)F)cc2)CC1)=C(N)OC1CCNCC1. The van der Waals surface area contributed by atoms with E-state index in [1.165, 1.54) is 12.1 Å². The molecule has 0 unspecified atom stereocenters. The number of hydrogen-bond acceptors (Lipinski definition) is 7. The minimum absolute atomic E-state index is 0.0275. The molecule has 11 heteroatoms. The zero-order chi connectivity index (χ0) is 24.0. The molecule has 2 heterocycles. The fraction of sp³-hybridized carbons (Fsp3) is 0.545. The Morgan fingerprint density at radius 3 is 2.18 bits per heavy atom. The molecule has 2 aliphatic rings.